The second kappa shape index (κ2) is 6.13. The van der Waals surface area contributed by atoms with Gasteiger partial charge in [-0.3, -0.25) is 4.79 Å². The number of halogens is 3. The molecule has 0 atom stereocenters. The van der Waals surface area contributed by atoms with E-state index in [2.05, 4.69) is 5.32 Å². The molecule has 1 aliphatic heterocycles. The second-order valence-corrected chi connectivity index (χ2v) is 7.14. The van der Waals surface area contributed by atoms with Crippen molar-refractivity contribution in [1.82, 2.24) is 9.62 Å². The molecule has 1 heterocycles. The zero-order valence-corrected chi connectivity index (χ0v) is 13.8. The molecule has 2 aromatic rings. The van der Waals surface area contributed by atoms with E-state index in [0.29, 0.717) is 0 Å². The number of sulfonamides is 1. The lowest BCUT2D eigenvalue weighted by Gasteiger charge is -2.16. The average molecular weight is 384 g/mol. The van der Waals surface area contributed by atoms with Crippen molar-refractivity contribution in [2.24, 2.45) is 0 Å². The lowest BCUT2D eigenvalue weighted by molar-refractivity contribution is -0.138. The molecule has 0 saturated heterocycles. The van der Waals surface area contributed by atoms with Crippen LogP contribution in [0.3, 0.4) is 0 Å². The molecule has 136 valence electrons. The molecule has 1 N–H and O–H groups in total. The van der Waals surface area contributed by atoms with Crippen LogP contribution in [0.15, 0.2) is 53.4 Å². The van der Waals surface area contributed by atoms with E-state index in [1.165, 1.54) is 36.4 Å². The van der Waals surface area contributed by atoms with Crippen LogP contribution in [0.5, 0.6) is 0 Å². The van der Waals surface area contributed by atoms with Gasteiger partial charge in [0.1, 0.15) is 4.90 Å². The Morgan fingerprint density at radius 1 is 1.04 bits per heavy atom. The topological polar surface area (TPSA) is 83.6 Å². The molecule has 0 fully saturated rings. The van der Waals surface area contributed by atoms with E-state index in [0.717, 1.165) is 12.1 Å². The van der Waals surface area contributed by atoms with Crippen LogP contribution in [0.2, 0.25) is 0 Å². The first kappa shape index (κ1) is 17.9. The molecule has 0 saturated carbocycles. The number of urea groups is 1. The Morgan fingerprint density at radius 2 is 1.65 bits per heavy atom. The van der Waals surface area contributed by atoms with Crippen LogP contribution in [0.4, 0.5) is 18.0 Å². The Morgan fingerprint density at radius 3 is 2.31 bits per heavy atom. The molecule has 0 aromatic heterocycles. The number of carbonyl (C=O) groups excluding carboxylic acids is 2. The number of nitrogens with one attached hydrogen (secondary N) is 1. The Balaban J connectivity index is 1.84. The van der Waals surface area contributed by atoms with Gasteiger partial charge in [0.15, 0.2) is 0 Å². The zero-order chi connectivity index (χ0) is 19.1. The van der Waals surface area contributed by atoms with Crippen LogP contribution in [0, 0.1) is 0 Å². The number of benzene rings is 2. The van der Waals surface area contributed by atoms with Gasteiger partial charge in [-0.25, -0.2) is 13.2 Å². The maximum Gasteiger partial charge on any atom is 0.416 e. The van der Waals surface area contributed by atoms with Crippen molar-refractivity contribution in [3.8, 4) is 0 Å². The van der Waals surface area contributed by atoms with Gasteiger partial charge in [0.2, 0.25) is 0 Å². The third kappa shape index (κ3) is 2.92. The molecular formula is C16H11F3N2O4S. The van der Waals surface area contributed by atoms with E-state index in [1.807, 2.05) is 0 Å². The minimum atomic E-state index is -4.63. The van der Waals surface area contributed by atoms with Crippen molar-refractivity contribution in [3.05, 3.63) is 65.2 Å². The maximum atomic E-state index is 13.0. The second-order valence-electron chi connectivity index (χ2n) is 5.38. The summed E-state index contributed by atoms with van der Waals surface area (Å²) in [4.78, 5) is 24.1. The van der Waals surface area contributed by atoms with E-state index >= 15 is 0 Å². The molecule has 0 unspecified atom stereocenters. The van der Waals surface area contributed by atoms with Crippen molar-refractivity contribution in [2.45, 2.75) is 17.6 Å². The summed E-state index contributed by atoms with van der Waals surface area (Å²) in [6, 6.07) is 8.48. The highest BCUT2D eigenvalue weighted by atomic mass is 32.2. The normalized spacial score (nSPS) is 15.7. The number of carbonyl (C=O) groups is 2. The van der Waals surface area contributed by atoms with E-state index in [1.54, 1.807) is 0 Å². The predicted octanol–water partition coefficient (Wildman–Crippen LogP) is 2.76. The third-order valence-corrected chi connectivity index (χ3v) is 5.48. The number of amides is 3. The highest BCUT2D eigenvalue weighted by Gasteiger charge is 2.45. The summed E-state index contributed by atoms with van der Waals surface area (Å²) in [6.07, 6.45) is -4.63. The van der Waals surface area contributed by atoms with Crippen LogP contribution < -0.4 is 5.32 Å². The minimum absolute atomic E-state index is 0.0217. The number of nitrogens with zero attached hydrogens (tertiary/aromatic N) is 1. The minimum Gasteiger partial charge on any atom is -0.333 e. The first-order valence-electron chi connectivity index (χ1n) is 7.25. The van der Waals surface area contributed by atoms with Crippen molar-refractivity contribution in [2.75, 3.05) is 0 Å². The average Bonchev–Trinajstić information content (AvgIpc) is 2.79. The molecular weight excluding hydrogens is 373 g/mol. The van der Waals surface area contributed by atoms with Crippen molar-refractivity contribution >= 4 is 22.0 Å². The molecule has 0 bridgehead atoms. The molecule has 0 radical (unpaired) electrons. The third-order valence-electron chi connectivity index (χ3n) is 3.76. The summed E-state index contributed by atoms with van der Waals surface area (Å²) in [5.41, 5.74) is -1.38. The Kier molecular flexibility index (Phi) is 4.23. The standard InChI is InChI=1S/C16H11F3N2O4S/c17-16(18,19)12-7-3-1-5-10(12)9-20-15(23)21-14(22)11-6-2-4-8-13(11)26(21,24)25/h1-8H,9H2,(H,20,23). The van der Waals surface area contributed by atoms with Gasteiger partial charge in [-0.2, -0.15) is 13.2 Å². The molecule has 0 spiro atoms. The molecule has 1 aliphatic rings. The fraction of sp³-hybridized carbons (Fsp3) is 0.125. The molecule has 2 aromatic carbocycles. The van der Waals surface area contributed by atoms with Crippen molar-refractivity contribution < 1.29 is 31.2 Å². The monoisotopic (exact) mass is 384 g/mol. The summed E-state index contributed by atoms with van der Waals surface area (Å²) in [5.74, 6) is -1.05. The largest absolute Gasteiger partial charge is 0.416 e. The molecule has 3 amide bonds. The first-order chi connectivity index (χ1) is 12.1. The summed E-state index contributed by atoms with van der Waals surface area (Å²) in [5, 5.41) is 2.06. The number of hydrogen-bond acceptors (Lipinski definition) is 4. The van der Waals surface area contributed by atoms with Crippen LogP contribution in [0.25, 0.3) is 0 Å². The van der Waals surface area contributed by atoms with E-state index in [-0.39, 0.29) is 20.3 Å². The van der Waals surface area contributed by atoms with Gasteiger partial charge >= 0.3 is 12.2 Å². The van der Waals surface area contributed by atoms with Gasteiger partial charge in [0, 0.05) is 6.54 Å². The summed E-state index contributed by atoms with van der Waals surface area (Å²) in [6.45, 7) is -0.593. The molecule has 10 heteroatoms. The Hall–Kier alpha value is -2.88. The lowest BCUT2D eigenvalue weighted by atomic mass is 10.1. The van der Waals surface area contributed by atoms with E-state index < -0.39 is 40.2 Å². The van der Waals surface area contributed by atoms with Crippen LogP contribution in [-0.4, -0.2) is 24.7 Å². The zero-order valence-electron chi connectivity index (χ0n) is 12.9. The number of alkyl halides is 3. The number of hydrogen-bond donors (Lipinski definition) is 1. The Bertz CT molecular complexity index is 1000. The van der Waals surface area contributed by atoms with Crippen LogP contribution in [0.1, 0.15) is 21.5 Å². The molecule has 3 rings (SSSR count). The van der Waals surface area contributed by atoms with Crippen molar-refractivity contribution in [1.29, 1.82) is 0 Å². The lowest BCUT2D eigenvalue weighted by Crippen LogP contribution is -2.43. The summed E-state index contributed by atoms with van der Waals surface area (Å²) < 4.78 is 63.6. The van der Waals surface area contributed by atoms with Gasteiger partial charge in [-0.05, 0) is 23.8 Å². The summed E-state index contributed by atoms with van der Waals surface area (Å²) >= 11 is 0. The number of imide groups is 1. The first-order valence-corrected chi connectivity index (χ1v) is 8.69. The van der Waals surface area contributed by atoms with Crippen LogP contribution >= 0.6 is 0 Å². The SMILES string of the molecule is O=C(NCc1ccccc1C(F)(F)F)N1C(=O)c2ccccc2S1(=O)=O. The maximum absolute atomic E-state index is 13.0. The quantitative estimate of drug-likeness (QED) is 0.863. The highest BCUT2D eigenvalue weighted by Crippen LogP contribution is 2.32. The van der Waals surface area contributed by atoms with E-state index in [4.69, 9.17) is 0 Å². The number of rotatable bonds is 2. The van der Waals surface area contributed by atoms with Crippen molar-refractivity contribution in [3.63, 3.8) is 0 Å². The predicted molar refractivity (Wildman–Crippen MR) is 83.5 cm³/mol. The fourth-order valence-electron chi connectivity index (χ4n) is 2.58. The van der Waals surface area contributed by atoms with Gasteiger partial charge in [0.25, 0.3) is 15.9 Å². The number of fused-ring (bicyclic) bond motifs is 1. The van der Waals surface area contributed by atoms with Gasteiger partial charge < -0.3 is 5.32 Å². The molecule has 0 aliphatic carbocycles. The molecule has 26 heavy (non-hydrogen) atoms. The smallest absolute Gasteiger partial charge is 0.333 e. The van der Waals surface area contributed by atoms with E-state index in [9.17, 15) is 31.2 Å². The van der Waals surface area contributed by atoms with Gasteiger partial charge in [-0.1, -0.05) is 30.3 Å². The van der Waals surface area contributed by atoms with Gasteiger partial charge in [0.05, 0.1) is 11.1 Å². The highest BCUT2D eigenvalue weighted by molar-refractivity contribution is 7.90. The summed E-state index contributed by atoms with van der Waals surface area (Å²) in [7, 11) is -4.39. The molecule has 6 nitrogen and oxygen atoms in total. The van der Waals surface area contributed by atoms with Gasteiger partial charge in [-0.15, -0.1) is 4.31 Å². The fourth-order valence-corrected chi connectivity index (χ4v) is 4.06. The van der Waals surface area contributed by atoms with Crippen LogP contribution in [-0.2, 0) is 22.7 Å². The Labute approximate surface area is 146 Å².